The highest BCUT2D eigenvalue weighted by molar-refractivity contribution is 5.77. The third-order valence-corrected chi connectivity index (χ3v) is 3.32. The Morgan fingerprint density at radius 3 is 2.86 bits per heavy atom. The van der Waals surface area contributed by atoms with Gasteiger partial charge in [0.05, 0.1) is 0 Å². The van der Waals surface area contributed by atoms with Gasteiger partial charge in [0.15, 0.2) is 18.1 Å². The second kappa shape index (κ2) is 8.39. The molecule has 1 heterocycles. The van der Waals surface area contributed by atoms with Crippen LogP contribution in [0.15, 0.2) is 18.2 Å². The van der Waals surface area contributed by atoms with Gasteiger partial charge in [-0.3, -0.25) is 4.79 Å². The van der Waals surface area contributed by atoms with Gasteiger partial charge >= 0.3 is 0 Å². The van der Waals surface area contributed by atoms with Crippen LogP contribution in [0.3, 0.4) is 0 Å². The van der Waals surface area contributed by atoms with Crippen LogP contribution in [0.1, 0.15) is 39.0 Å². The summed E-state index contributed by atoms with van der Waals surface area (Å²) in [6.07, 6.45) is 5.92. The first-order chi connectivity index (χ1) is 10.3. The molecule has 0 fully saturated rings. The molecule has 1 amide bonds. The fourth-order valence-electron chi connectivity index (χ4n) is 2.12. The van der Waals surface area contributed by atoms with Crippen LogP contribution < -0.4 is 19.5 Å². The van der Waals surface area contributed by atoms with Crippen LogP contribution in [0.2, 0.25) is 0 Å². The Bertz CT molecular complexity index is 462. The predicted octanol–water partition coefficient (Wildman–Crippen LogP) is 2.88. The fraction of sp³-hybridized carbons (Fsp3) is 0.562. The van der Waals surface area contributed by atoms with Crippen molar-refractivity contribution >= 4 is 5.91 Å². The lowest BCUT2D eigenvalue weighted by Crippen LogP contribution is -2.29. The zero-order chi connectivity index (χ0) is 14.9. The third kappa shape index (κ3) is 5.17. The number of hydrogen-bond acceptors (Lipinski definition) is 4. The van der Waals surface area contributed by atoms with Crippen molar-refractivity contribution in [3.63, 3.8) is 0 Å². The first kappa shape index (κ1) is 15.5. The summed E-state index contributed by atoms with van der Waals surface area (Å²) >= 11 is 0. The first-order valence-electron chi connectivity index (χ1n) is 7.58. The molecule has 5 nitrogen and oxygen atoms in total. The van der Waals surface area contributed by atoms with Crippen molar-refractivity contribution in [1.82, 2.24) is 5.32 Å². The van der Waals surface area contributed by atoms with Crippen LogP contribution in [0.25, 0.3) is 0 Å². The van der Waals surface area contributed by atoms with Crippen molar-refractivity contribution in [2.45, 2.75) is 39.0 Å². The van der Waals surface area contributed by atoms with Crippen LogP contribution in [0.4, 0.5) is 0 Å². The van der Waals surface area contributed by atoms with Gasteiger partial charge in [-0.05, 0) is 18.6 Å². The smallest absolute Gasteiger partial charge is 0.257 e. The normalized spacial score (nSPS) is 12.2. The van der Waals surface area contributed by atoms with Gasteiger partial charge in [-0.2, -0.15) is 0 Å². The molecule has 0 spiro atoms. The molecule has 2 rings (SSSR count). The molecule has 1 aromatic carbocycles. The van der Waals surface area contributed by atoms with Crippen molar-refractivity contribution in [3.05, 3.63) is 18.2 Å². The van der Waals surface area contributed by atoms with E-state index in [1.807, 2.05) is 0 Å². The molecule has 1 aliphatic rings. The molecule has 0 aliphatic carbocycles. The molecule has 0 saturated carbocycles. The van der Waals surface area contributed by atoms with Gasteiger partial charge in [0, 0.05) is 12.6 Å². The predicted molar refractivity (Wildman–Crippen MR) is 79.8 cm³/mol. The molecule has 0 atom stereocenters. The molecular weight excluding hydrogens is 270 g/mol. The molecule has 21 heavy (non-hydrogen) atoms. The minimum absolute atomic E-state index is 0.0224. The molecule has 0 bridgehead atoms. The maximum atomic E-state index is 11.6. The number of hydrogen-bond donors (Lipinski definition) is 1. The Kier molecular flexibility index (Phi) is 6.19. The second-order valence-corrected chi connectivity index (χ2v) is 5.07. The number of unbranched alkanes of at least 4 members (excludes halogenated alkanes) is 4. The largest absolute Gasteiger partial charge is 0.484 e. The van der Waals surface area contributed by atoms with Crippen molar-refractivity contribution in [2.75, 3.05) is 19.9 Å². The van der Waals surface area contributed by atoms with Crippen molar-refractivity contribution in [2.24, 2.45) is 0 Å². The molecule has 1 aliphatic heterocycles. The Labute approximate surface area is 125 Å². The summed E-state index contributed by atoms with van der Waals surface area (Å²) in [5, 5.41) is 2.86. The van der Waals surface area contributed by atoms with E-state index in [-0.39, 0.29) is 19.3 Å². The molecule has 0 unspecified atom stereocenters. The summed E-state index contributed by atoms with van der Waals surface area (Å²) in [6.45, 7) is 3.16. The van der Waals surface area contributed by atoms with Gasteiger partial charge in [-0.1, -0.05) is 32.6 Å². The Balaban J connectivity index is 1.60. The molecule has 116 valence electrons. The summed E-state index contributed by atoms with van der Waals surface area (Å²) in [4.78, 5) is 11.6. The zero-order valence-electron chi connectivity index (χ0n) is 12.5. The van der Waals surface area contributed by atoms with Gasteiger partial charge in [0.25, 0.3) is 5.91 Å². The Hall–Kier alpha value is -1.91. The topological polar surface area (TPSA) is 56.8 Å². The van der Waals surface area contributed by atoms with E-state index >= 15 is 0 Å². The molecule has 1 N–H and O–H groups in total. The standard InChI is InChI=1S/C16H23NO4/c1-2-3-4-5-6-9-17-16(18)11-19-13-7-8-14-15(10-13)21-12-20-14/h7-8,10H,2-6,9,11-12H2,1H3,(H,17,18). The summed E-state index contributed by atoms with van der Waals surface area (Å²) in [5.74, 6) is 1.88. The molecule has 0 radical (unpaired) electrons. The van der Waals surface area contributed by atoms with Crippen LogP contribution in [0, 0.1) is 0 Å². The molecule has 0 saturated heterocycles. The number of carbonyl (C=O) groups excluding carboxylic acids is 1. The van der Waals surface area contributed by atoms with E-state index in [0.717, 1.165) is 12.8 Å². The van der Waals surface area contributed by atoms with Gasteiger partial charge in [-0.25, -0.2) is 0 Å². The number of fused-ring (bicyclic) bond motifs is 1. The van der Waals surface area contributed by atoms with Crippen LogP contribution in [-0.4, -0.2) is 25.9 Å². The summed E-state index contributed by atoms with van der Waals surface area (Å²) < 4.78 is 15.9. The zero-order valence-corrected chi connectivity index (χ0v) is 12.5. The van der Waals surface area contributed by atoms with E-state index in [1.54, 1.807) is 18.2 Å². The number of amides is 1. The number of carbonyl (C=O) groups is 1. The average Bonchev–Trinajstić information content (AvgIpc) is 2.96. The Morgan fingerprint density at radius 1 is 1.19 bits per heavy atom. The molecule has 1 aromatic rings. The Morgan fingerprint density at radius 2 is 2.00 bits per heavy atom. The van der Waals surface area contributed by atoms with Crippen LogP contribution in [0.5, 0.6) is 17.2 Å². The number of benzene rings is 1. The number of ether oxygens (including phenoxy) is 3. The van der Waals surface area contributed by atoms with Crippen LogP contribution >= 0.6 is 0 Å². The number of nitrogens with one attached hydrogen (secondary N) is 1. The fourth-order valence-corrected chi connectivity index (χ4v) is 2.12. The minimum atomic E-state index is -0.0943. The second-order valence-electron chi connectivity index (χ2n) is 5.07. The molecule has 0 aromatic heterocycles. The maximum Gasteiger partial charge on any atom is 0.257 e. The van der Waals surface area contributed by atoms with E-state index in [2.05, 4.69) is 12.2 Å². The molecule has 5 heteroatoms. The van der Waals surface area contributed by atoms with E-state index in [9.17, 15) is 4.79 Å². The quantitative estimate of drug-likeness (QED) is 0.711. The summed E-state index contributed by atoms with van der Waals surface area (Å²) in [5.41, 5.74) is 0. The lowest BCUT2D eigenvalue weighted by atomic mass is 10.1. The average molecular weight is 293 g/mol. The SMILES string of the molecule is CCCCCCCNC(=O)COc1ccc2c(c1)OCO2. The first-order valence-corrected chi connectivity index (χ1v) is 7.58. The third-order valence-electron chi connectivity index (χ3n) is 3.32. The maximum absolute atomic E-state index is 11.6. The monoisotopic (exact) mass is 293 g/mol. The highest BCUT2D eigenvalue weighted by Gasteiger charge is 2.14. The van der Waals surface area contributed by atoms with E-state index in [1.165, 1.54) is 19.3 Å². The highest BCUT2D eigenvalue weighted by Crippen LogP contribution is 2.34. The van der Waals surface area contributed by atoms with Gasteiger partial charge < -0.3 is 19.5 Å². The van der Waals surface area contributed by atoms with E-state index < -0.39 is 0 Å². The van der Waals surface area contributed by atoms with Gasteiger partial charge in [0.2, 0.25) is 6.79 Å². The van der Waals surface area contributed by atoms with Gasteiger partial charge in [-0.15, -0.1) is 0 Å². The van der Waals surface area contributed by atoms with Crippen molar-refractivity contribution in [3.8, 4) is 17.2 Å². The molecular formula is C16H23NO4. The lowest BCUT2D eigenvalue weighted by molar-refractivity contribution is -0.123. The van der Waals surface area contributed by atoms with Gasteiger partial charge in [0.1, 0.15) is 5.75 Å². The van der Waals surface area contributed by atoms with Crippen molar-refractivity contribution in [1.29, 1.82) is 0 Å². The van der Waals surface area contributed by atoms with Crippen molar-refractivity contribution < 1.29 is 19.0 Å². The number of rotatable bonds is 9. The van der Waals surface area contributed by atoms with E-state index in [0.29, 0.717) is 23.8 Å². The van der Waals surface area contributed by atoms with E-state index in [4.69, 9.17) is 14.2 Å². The summed E-state index contributed by atoms with van der Waals surface area (Å²) in [7, 11) is 0. The summed E-state index contributed by atoms with van der Waals surface area (Å²) in [6, 6.07) is 5.29. The van der Waals surface area contributed by atoms with Crippen LogP contribution in [-0.2, 0) is 4.79 Å². The lowest BCUT2D eigenvalue weighted by Gasteiger charge is -2.08. The minimum Gasteiger partial charge on any atom is -0.484 e. The highest BCUT2D eigenvalue weighted by atomic mass is 16.7.